The molecule has 0 radical (unpaired) electrons. The molecule has 0 unspecified atom stereocenters. The van der Waals surface area contributed by atoms with Gasteiger partial charge in [0.15, 0.2) is 5.65 Å². The molecule has 0 spiro atoms. The van der Waals surface area contributed by atoms with E-state index >= 15 is 0 Å². The minimum absolute atomic E-state index is 0.00295. The Labute approximate surface area is 171 Å². The third-order valence-corrected chi connectivity index (χ3v) is 5.41. The van der Waals surface area contributed by atoms with Gasteiger partial charge in [-0.25, -0.2) is 4.98 Å². The Kier molecular flexibility index (Phi) is 4.24. The zero-order valence-corrected chi connectivity index (χ0v) is 15.9. The van der Waals surface area contributed by atoms with Gasteiger partial charge in [0.05, 0.1) is 10.3 Å². The van der Waals surface area contributed by atoms with E-state index in [9.17, 15) is 14.9 Å². The maximum Gasteiger partial charge on any atom is 0.269 e. The number of pyridine rings is 1. The molecular weight excluding hydrogens is 382 g/mol. The van der Waals surface area contributed by atoms with Crippen molar-refractivity contribution in [3.63, 3.8) is 0 Å². The number of fused-ring (bicyclic) bond motifs is 2. The van der Waals surface area contributed by atoms with Gasteiger partial charge in [-0.15, -0.1) is 0 Å². The summed E-state index contributed by atoms with van der Waals surface area (Å²) in [6, 6.07) is 16.1. The minimum Gasteiger partial charge on any atom is -0.338 e. The fourth-order valence-electron chi connectivity index (χ4n) is 3.88. The summed E-state index contributed by atoms with van der Waals surface area (Å²) >= 11 is 0. The average molecular weight is 399 g/mol. The summed E-state index contributed by atoms with van der Waals surface area (Å²) in [6.45, 7) is 1.43. The summed E-state index contributed by atoms with van der Waals surface area (Å²) in [7, 11) is 0. The van der Waals surface area contributed by atoms with Crippen LogP contribution in [0, 0.1) is 10.1 Å². The van der Waals surface area contributed by atoms with Crippen LogP contribution in [0.25, 0.3) is 22.2 Å². The third-order valence-electron chi connectivity index (χ3n) is 5.41. The van der Waals surface area contributed by atoms with Crippen LogP contribution in [0.3, 0.4) is 0 Å². The van der Waals surface area contributed by atoms with Gasteiger partial charge in [-0.05, 0) is 46.9 Å². The van der Waals surface area contributed by atoms with Gasteiger partial charge in [0, 0.05) is 31.4 Å². The number of non-ortho nitro benzene ring substituents is 1. The smallest absolute Gasteiger partial charge is 0.269 e. The van der Waals surface area contributed by atoms with Crippen molar-refractivity contribution in [2.45, 2.75) is 13.0 Å². The van der Waals surface area contributed by atoms with Crippen LogP contribution in [0.1, 0.15) is 11.1 Å². The van der Waals surface area contributed by atoms with E-state index in [2.05, 4.69) is 27.1 Å². The molecule has 2 aromatic carbocycles. The summed E-state index contributed by atoms with van der Waals surface area (Å²) in [4.78, 5) is 37.3. The van der Waals surface area contributed by atoms with Gasteiger partial charge in [0.1, 0.15) is 0 Å². The lowest BCUT2D eigenvalue weighted by atomic mass is 10.0. The summed E-state index contributed by atoms with van der Waals surface area (Å²) in [5.41, 5.74) is 3.93. The number of nitro benzene ring substituents is 1. The van der Waals surface area contributed by atoms with E-state index in [1.54, 1.807) is 24.4 Å². The van der Waals surface area contributed by atoms with Crippen molar-refractivity contribution in [2.24, 2.45) is 0 Å². The van der Waals surface area contributed by atoms with Crippen LogP contribution in [0.4, 0.5) is 11.6 Å². The van der Waals surface area contributed by atoms with Gasteiger partial charge in [-0.2, -0.15) is 4.98 Å². The van der Waals surface area contributed by atoms with Crippen LogP contribution < -0.4 is 10.5 Å². The Balaban J connectivity index is 1.56. The van der Waals surface area contributed by atoms with Crippen LogP contribution in [-0.2, 0) is 13.0 Å². The van der Waals surface area contributed by atoms with Crippen LogP contribution in [-0.4, -0.2) is 26.4 Å². The molecule has 0 amide bonds. The highest BCUT2D eigenvalue weighted by Gasteiger charge is 2.20. The zero-order chi connectivity index (χ0) is 20.7. The highest BCUT2D eigenvalue weighted by Crippen LogP contribution is 2.28. The lowest BCUT2D eigenvalue weighted by Crippen LogP contribution is -2.33. The molecule has 8 nitrogen and oxygen atoms in total. The first-order valence-corrected chi connectivity index (χ1v) is 9.56. The molecule has 0 bridgehead atoms. The molecule has 148 valence electrons. The lowest BCUT2D eigenvalue weighted by Gasteiger charge is -2.29. The largest absolute Gasteiger partial charge is 0.338 e. The zero-order valence-electron chi connectivity index (χ0n) is 15.9. The maximum atomic E-state index is 13.0. The van der Waals surface area contributed by atoms with Gasteiger partial charge < -0.3 is 4.90 Å². The first-order chi connectivity index (χ1) is 14.6. The highest BCUT2D eigenvalue weighted by atomic mass is 16.6. The SMILES string of the molecule is O=c1[nH]c(N2CCc3ccccc3C2)nc2nccc(-c3ccc([N+](=O)[O-])cc3)c12. The number of nitro groups is 1. The van der Waals surface area contributed by atoms with Crippen LogP contribution in [0.5, 0.6) is 0 Å². The second-order valence-electron chi connectivity index (χ2n) is 7.19. The number of anilines is 1. The normalized spacial score (nSPS) is 13.3. The molecule has 5 rings (SSSR count). The van der Waals surface area contributed by atoms with Crippen molar-refractivity contribution < 1.29 is 4.92 Å². The molecule has 0 saturated carbocycles. The van der Waals surface area contributed by atoms with E-state index in [0.717, 1.165) is 13.0 Å². The van der Waals surface area contributed by atoms with E-state index in [0.29, 0.717) is 34.7 Å². The van der Waals surface area contributed by atoms with Gasteiger partial charge >= 0.3 is 0 Å². The van der Waals surface area contributed by atoms with E-state index in [-0.39, 0.29) is 11.2 Å². The number of aromatic amines is 1. The monoisotopic (exact) mass is 399 g/mol. The quantitative estimate of drug-likeness (QED) is 0.418. The van der Waals surface area contributed by atoms with Crippen molar-refractivity contribution in [1.29, 1.82) is 0 Å². The standard InChI is InChI=1S/C22H17N5O3/c28-21-19-18(15-5-7-17(8-6-15)27(29)30)9-11-23-20(19)24-22(25-21)26-12-10-14-3-1-2-4-16(14)13-26/h1-9,11H,10,12-13H2,(H,23,24,25,28). The Bertz CT molecular complexity index is 1330. The third kappa shape index (κ3) is 3.08. The van der Waals surface area contributed by atoms with Gasteiger partial charge in [0.25, 0.3) is 11.2 Å². The molecule has 3 heterocycles. The van der Waals surface area contributed by atoms with Crippen LogP contribution in [0.15, 0.2) is 65.6 Å². The Morgan fingerprint density at radius 3 is 2.57 bits per heavy atom. The molecule has 0 atom stereocenters. The predicted molar refractivity (Wildman–Crippen MR) is 113 cm³/mol. The topological polar surface area (TPSA) is 105 Å². The number of hydrogen-bond donors (Lipinski definition) is 1. The minimum atomic E-state index is -0.453. The summed E-state index contributed by atoms with van der Waals surface area (Å²) in [5, 5.41) is 11.3. The number of H-pyrrole nitrogens is 1. The number of hydrogen-bond acceptors (Lipinski definition) is 6. The molecule has 1 N–H and O–H groups in total. The highest BCUT2D eigenvalue weighted by molar-refractivity contribution is 5.92. The maximum absolute atomic E-state index is 13.0. The van der Waals surface area contributed by atoms with E-state index < -0.39 is 4.92 Å². The molecule has 0 aliphatic carbocycles. The first kappa shape index (κ1) is 18.0. The van der Waals surface area contributed by atoms with Crippen LogP contribution in [0.2, 0.25) is 0 Å². The van der Waals surface area contributed by atoms with E-state index in [1.807, 2.05) is 17.0 Å². The van der Waals surface area contributed by atoms with E-state index in [4.69, 9.17) is 0 Å². The second kappa shape index (κ2) is 7.07. The molecule has 8 heteroatoms. The van der Waals surface area contributed by atoms with Crippen LogP contribution >= 0.6 is 0 Å². The Morgan fingerprint density at radius 1 is 1.03 bits per heavy atom. The second-order valence-corrected chi connectivity index (χ2v) is 7.19. The molecule has 30 heavy (non-hydrogen) atoms. The Morgan fingerprint density at radius 2 is 1.80 bits per heavy atom. The fraction of sp³-hybridized carbons (Fsp3) is 0.136. The molecule has 4 aromatic rings. The summed E-state index contributed by atoms with van der Waals surface area (Å²) < 4.78 is 0. The van der Waals surface area contributed by atoms with Gasteiger partial charge in [-0.1, -0.05) is 24.3 Å². The number of rotatable bonds is 3. The average Bonchev–Trinajstić information content (AvgIpc) is 2.78. The van der Waals surface area contributed by atoms with Gasteiger partial charge in [0.2, 0.25) is 5.95 Å². The molecule has 2 aromatic heterocycles. The fourth-order valence-corrected chi connectivity index (χ4v) is 3.88. The van der Waals surface area contributed by atoms with Crippen molar-refractivity contribution in [1.82, 2.24) is 15.0 Å². The van der Waals surface area contributed by atoms with E-state index in [1.165, 1.54) is 23.3 Å². The molecule has 0 saturated heterocycles. The van der Waals surface area contributed by atoms with Crippen molar-refractivity contribution in [3.05, 3.63) is 92.4 Å². The number of nitrogens with zero attached hydrogens (tertiary/aromatic N) is 4. The number of aromatic nitrogens is 3. The van der Waals surface area contributed by atoms with Crippen molar-refractivity contribution >= 4 is 22.7 Å². The summed E-state index contributed by atoms with van der Waals surface area (Å²) in [5.74, 6) is 0.496. The molecule has 0 fully saturated rings. The molecular formula is C22H17N5O3. The van der Waals surface area contributed by atoms with Crippen molar-refractivity contribution in [3.8, 4) is 11.1 Å². The summed E-state index contributed by atoms with van der Waals surface area (Å²) in [6.07, 6.45) is 2.48. The molecule has 1 aliphatic rings. The lowest BCUT2D eigenvalue weighted by molar-refractivity contribution is -0.384. The van der Waals surface area contributed by atoms with Crippen molar-refractivity contribution in [2.75, 3.05) is 11.4 Å². The first-order valence-electron chi connectivity index (χ1n) is 9.56. The molecule has 1 aliphatic heterocycles. The Hall–Kier alpha value is -4.07. The predicted octanol–water partition coefficient (Wildman–Crippen LogP) is 3.46. The number of nitrogens with one attached hydrogen (secondary N) is 1. The number of benzene rings is 2. The van der Waals surface area contributed by atoms with Gasteiger partial charge in [-0.3, -0.25) is 19.9 Å².